The second-order valence-corrected chi connectivity index (χ2v) is 7.32. The summed E-state index contributed by atoms with van der Waals surface area (Å²) in [6.07, 6.45) is 3.09. The van der Waals surface area contributed by atoms with Crippen LogP contribution in [0.5, 0.6) is 17.4 Å². The Morgan fingerprint density at radius 1 is 1.16 bits per heavy atom. The number of benzene rings is 1. The van der Waals surface area contributed by atoms with Gasteiger partial charge in [0.05, 0.1) is 32.0 Å². The van der Waals surface area contributed by atoms with Crippen molar-refractivity contribution in [2.75, 3.05) is 14.2 Å². The van der Waals surface area contributed by atoms with E-state index in [1.54, 1.807) is 44.1 Å². The molecule has 0 N–H and O–H groups in total. The van der Waals surface area contributed by atoms with E-state index in [9.17, 15) is 4.79 Å². The van der Waals surface area contributed by atoms with Crippen LogP contribution in [0.4, 0.5) is 0 Å². The van der Waals surface area contributed by atoms with E-state index in [1.807, 2.05) is 18.2 Å². The maximum Gasteiger partial charge on any atom is 0.228 e. The van der Waals surface area contributed by atoms with Crippen molar-refractivity contribution in [3.05, 3.63) is 65.4 Å². The average Bonchev–Trinajstić information content (AvgIpc) is 3.47. The van der Waals surface area contributed by atoms with E-state index in [2.05, 4.69) is 15.1 Å². The Morgan fingerprint density at radius 3 is 2.66 bits per heavy atom. The molecule has 0 saturated carbocycles. The number of hydrogen-bond donors (Lipinski definition) is 0. The van der Waals surface area contributed by atoms with Crippen molar-refractivity contribution in [1.29, 1.82) is 0 Å². The average molecular weight is 432 g/mol. The predicted molar refractivity (Wildman–Crippen MR) is 114 cm³/mol. The summed E-state index contributed by atoms with van der Waals surface area (Å²) in [6, 6.07) is 9.10. The number of furan rings is 1. The second-order valence-electron chi connectivity index (χ2n) is 7.32. The predicted octanol–water partition coefficient (Wildman–Crippen LogP) is 3.79. The van der Waals surface area contributed by atoms with Crippen LogP contribution in [0.25, 0.3) is 17.2 Å². The van der Waals surface area contributed by atoms with E-state index in [0.717, 1.165) is 5.56 Å². The summed E-state index contributed by atoms with van der Waals surface area (Å²) in [6.45, 7) is 3.28. The van der Waals surface area contributed by atoms with Gasteiger partial charge in [0.15, 0.2) is 28.7 Å². The van der Waals surface area contributed by atoms with Crippen LogP contribution in [0.2, 0.25) is 0 Å². The molecule has 3 aromatic heterocycles. The van der Waals surface area contributed by atoms with E-state index in [1.165, 1.54) is 13.3 Å². The minimum Gasteiger partial charge on any atom is -0.493 e. The van der Waals surface area contributed by atoms with Crippen molar-refractivity contribution in [3.63, 3.8) is 0 Å². The van der Waals surface area contributed by atoms with Gasteiger partial charge in [0, 0.05) is 5.57 Å². The Labute approximate surface area is 183 Å². The molecule has 1 aliphatic heterocycles. The lowest BCUT2D eigenvalue weighted by atomic mass is 9.81. The number of Topliss-reactive ketones (excluding diaryl/α,β-unsaturated/α-hetero) is 1. The van der Waals surface area contributed by atoms with Gasteiger partial charge in [0.2, 0.25) is 11.7 Å². The number of allylic oxidation sites excluding steroid dienone is 2. The molecule has 1 unspecified atom stereocenters. The molecule has 5 rings (SSSR count). The molecule has 0 spiro atoms. The molecule has 0 amide bonds. The molecule has 0 aliphatic carbocycles. The number of ketones is 1. The number of nitrogens with zero attached hydrogens (tertiary/aromatic N) is 4. The molecule has 0 radical (unpaired) electrons. The zero-order valence-corrected chi connectivity index (χ0v) is 17.9. The maximum atomic E-state index is 12.7. The summed E-state index contributed by atoms with van der Waals surface area (Å²) < 4.78 is 23.8. The zero-order chi connectivity index (χ0) is 22.4. The number of hydrogen-bond acceptors (Lipinski definition) is 8. The van der Waals surface area contributed by atoms with E-state index in [0.29, 0.717) is 51.5 Å². The molecule has 0 bridgehead atoms. The molecule has 1 aliphatic rings. The first-order valence-electron chi connectivity index (χ1n) is 9.92. The number of fused-ring (bicyclic) bond motifs is 3. The molecule has 4 heterocycles. The third-order valence-corrected chi connectivity index (χ3v) is 5.46. The van der Waals surface area contributed by atoms with Crippen LogP contribution in [0.1, 0.15) is 30.9 Å². The molecule has 162 valence electrons. The van der Waals surface area contributed by atoms with Crippen LogP contribution in [-0.4, -0.2) is 39.6 Å². The van der Waals surface area contributed by atoms with Crippen LogP contribution in [0.3, 0.4) is 0 Å². The van der Waals surface area contributed by atoms with Crippen LogP contribution in [-0.2, 0) is 4.79 Å². The van der Waals surface area contributed by atoms with E-state index >= 15 is 0 Å². The minimum absolute atomic E-state index is 0.110. The van der Waals surface area contributed by atoms with Crippen LogP contribution < -0.4 is 14.2 Å². The third-order valence-electron chi connectivity index (χ3n) is 5.46. The van der Waals surface area contributed by atoms with Crippen molar-refractivity contribution in [2.24, 2.45) is 0 Å². The van der Waals surface area contributed by atoms with Crippen molar-refractivity contribution in [1.82, 2.24) is 19.6 Å². The van der Waals surface area contributed by atoms with Crippen molar-refractivity contribution in [2.45, 2.75) is 19.8 Å². The lowest BCUT2D eigenvalue weighted by Crippen LogP contribution is -2.22. The van der Waals surface area contributed by atoms with Crippen molar-refractivity contribution >= 4 is 11.4 Å². The zero-order valence-electron chi connectivity index (χ0n) is 17.9. The van der Waals surface area contributed by atoms with Crippen LogP contribution in [0, 0.1) is 0 Å². The maximum absolute atomic E-state index is 12.7. The van der Waals surface area contributed by atoms with Gasteiger partial charge in [-0.3, -0.25) is 4.79 Å². The van der Waals surface area contributed by atoms with Crippen LogP contribution >= 0.6 is 0 Å². The number of ether oxygens (including phenoxy) is 3. The second kappa shape index (κ2) is 7.52. The Hall–Kier alpha value is -4.14. The SMILES string of the molecule is COc1ccc(C2C(C(C)=O)=C(C)Oc3ncn4nc(-c5ccco5)nc4c32)cc1OC. The lowest BCUT2D eigenvalue weighted by molar-refractivity contribution is -0.114. The number of carbonyl (C=O) groups is 1. The third kappa shape index (κ3) is 3.01. The summed E-state index contributed by atoms with van der Waals surface area (Å²) in [5.41, 5.74) is 2.49. The normalized spacial score (nSPS) is 15.4. The topological polar surface area (TPSA) is 101 Å². The molecule has 1 atom stereocenters. The van der Waals surface area contributed by atoms with Gasteiger partial charge in [0.1, 0.15) is 12.1 Å². The molecule has 0 saturated heterocycles. The number of aromatic nitrogens is 4. The summed E-state index contributed by atoms with van der Waals surface area (Å²) in [5, 5.41) is 4.49. The first-order valence-corrected chi connectivity index (χ1v) is 9.92. The molecule has 0 fully saturated rings. The highest BCUT2D eigenvalue weighted by atomic mass is 16.5. The molecule has 9 heteroatoms. The van der Waals surface area contributed by atoms with Gasteiger partial charge in [-0.2, -0.15) is 0 Å². The molecule has 32 heavy (non-hydrogen) atoms. The highest BCUT2D eigenvalue weighted by Crippen LogP contribution is 2.45. The minimum atomic E-state index is -0.485. The van der Waals surface area contributed by atoms with Crippen molar-refractivity contribution < 1.29 is 23.4 Å². The van der Waals surface area contributed by atoms with Gasteiger partial charge >= 0.3 is 0 Å². The summed E-state index contributed by atoms with van der Waals surface area (Å²) in [5.74, 6) is 2.35. The molecular formula is C23H20N4O5. The van der Waals surface area contributed by atoms with Crippen molar-refractivity contribution in [3.8, 4) is 29.0 Å². The van der Waals surface area contributed by atoms with Gasteiger partial charge in [-0.25, -0.2) is 14.5 Å². The Balaban J connectivity index is 1.78. The van der Waals surface area contributed by atoms with E-state index in [-0.39, 0.29) is 5.78 Å². The summed E-state index contributed by atoms with van der Waals surface area (Å²) >= 11 is 0. The monoisotopic (exact) mass is 432 g/mol. The van der Waals surface area contributed by atoms with Gasteiger partial charge in [-0.1, -0.05) is 6.07 Å². The van der Waals surface area contributed by atoms with Crippen LogP contribution in [0.15, 0.2) is 58.7 Å². The van der Waals surface area contributed by atoms with Gasteiger partial charge in [-0.05, 0) is 43.7 Å². The number of rotatable bonds is 5. The van der Waals surface area contributed by atoms with E-state index in [4.69, 9.17) is 18.6 Å². The Kier molecular flexibility index (Phi) is 4.66. The molecule has 9 nitrogen and oxygen atoms in total. The Bertz CT molecular complexity index is 1370. The summed E-state index contributed by atoms with van der Waals surface area (Å²) in [4.78, 5) is 21.9. The fraction of sp³-hybridized carbons (Fsp3) is 0.217. The Morgan fingerprint density at radius 2 is 1.97 bits per heavy atom. The lowest BCUT2D eigenvalue weighted by Gasteiger charge is -2.28. The fourth-order valence-electron chi connectivity index (χ4n) is 4.07. The smallest absolute Gasteiger partial charge is 0.228 e. The highest BCUT2D eigenvalue weighted by Gasteiger charge is 2.36. The summed E-state index contributed by atoms with van der Waals surface area (Å²) in [7, 11) is 3.15. The standard InChI is InChI=1S/C23H20N4O5/c1-12(28)18-13(2)32-23-20(19(18)14-7-8-15(29-3)17(10-14)30-4)22-25-21(16-6-5-9-31-16)26-27(22)11-24-23/h5-11,19H,1-4H3. The molecule has 4 aromatic rings. The highest BCUT2D eigenvalue weighted by molar-refractivity contribution is 5.97. The largest absolute Gasteiger partial charge is 0.493 e. The molecular weight excluding hydrogens is 412 g/mol. The van der Waals surface area contributed by atoms with E-state index < -0.39 is 5.92 Å². The van der Waals surface area contributed by atoms with Gasteiger partial charge < -0.3 is 18.6 Å². The van der Waals surface area contributed by atoms with Gasteiger partial charge in [0.25, 0.3) is 0 Å². The first-order chi connectivity index (χ1) is 15.5. The number of methoxy groups -OCH3 is 2. The fourth-order valence-corrected chi connectivity index (χ4v) is 4.07. The quantitative estimate of drug-likeness (QED) is 0.470. The number of carbonyl (C=O) groups excluding carboxylic acids is 1. The molecule has 1 aromatic carbocycles. The first kappa shape index (κ1) is 19.8. The van der Waals surface area contributed by atoms with Gasteiger partial charge in [-0.15, -0.1) is 5.10 Å².